The molecule has 1 aliphatic carbocycles. The molecule has 1 unspecified atom stereocenters. The lowest BCUT2D eigenvalue weighted by atomic mass is 10.3. The molecule has 0 aromatic rings. The Labute approximate surface area is 104 Å². The van der Waals surface area contributed by atoms with E-state index in [9.17, 15) is 8.42 Å². The lowest BCUT2D eigenvalue weighted by Crippen LogP contribution is -2.51. The molecule has 0 radical (unpaired) electrons. The van der Waals surface area contributed by atoms with Crippen LogP contribution in [0.1, 0.15) is 26.2 Å². The van der Waals surface area contributed by atoms with Crippen molar-refractivity contribution < 1.29 is 8.42 Å². The molecule has 0 aromatic heterocycles. The van der Waals surface area contributed by atoms with E-state index in [1.807, 2.05) is 6.92 Å². The minimum atomic E-state index is -2.98. The van der Waals surface area contributed by atoms with Gasteiger partial charge in [-0.1, -0.05) is 12.8 Å². The van der Waals surface area contributed by atoms with Crippen LogP contribution in [0.25, 0.3) is 0 Å². The van der Waals surface area contributed by atoms with E-state index in [2.05, 4.69) is 5.32 Å². The normalized spacial score (nSPS) is 27.4. The van der Waals surface area contributed by atoms with Crippen molar-refractivity contribution in [2.75, 3.05) is 25.4 Å². The maximum atomic E-state index is 12.0. The molecule has 1 saturated carbocycles. The Balaban J connectivity index is 0.00000128. The fourth-order valence-electron chi connectivity index (χ4n) is 2.00. The Kier molecular flexibility index (Phi) is 5.04. The Morgan fingerprint density at radius 3 is 2.62 bits per heavy atom. The molecule has 0 aromatic carbocycles. The van der Waals surface area contributed by atoms with E-state index in [0.717, 1.165) is 13.0 Å². The van der Waals surface area contributed by atoms with Gasteiger partial charge >= 0.3 is 0 Å². The van der Waals surface area contributed by atoms with Gasteiger partial charge in [0.2, 0.25) is 10.0 Å². The first-order chi connectivity index (χ1) is 7.08. The highest BCUT2D eigenvalue weighted by Gasteiger charge is 2.29. The third-order valence-electron chi connectivity index (χ3n) is 3.21. The summed E-state index contributed by atoms with van der Waals surface area (Å²) >= 11 is 0. The molecule has 0 bridgehead atoms. The molecule has 4 nitrogen and oxygen atoms in total. The number of piperazine rings is 1. The summed E-state index contributed by atoms with van der Waals surface area (Å²) in [4.78, 5) is 0. The van der Waals surface area contributed by atoms with E-state index in [4.69, 9.17) is 0 Å². The molecular formula is C10H21ClN2O2S. The molecular weight excluding hydrogens is 248 g/mol. The maximum Gasteiger partial charge on any atom is 0.214 e. The van der Waals surface area contributed by atoms with E-state index in [0.29, 0.717) is 24.8 Å². The van der Waals surface area contributed by atoms with E-state index < -0.39 is 10.0 Å². The van der Waals surface area contributed by atoms with Crippen molar-refractivity contribution in [2.45, 2.75) is 32.2 Å². The number of sulfonamides is 1. The van der Waals surface area contributed by atoms with Crippen LogP contribution in [0.3, 0.4) is 0 Å². The van der Waals surface area contributed by atoms with Gasteiger partial charge < -0.3 is 5.32 Å². The van der Waals surface area contributed by atoms with Crippen molar-refractivity contribution in [3.8, 4) is 0 Å². The summed E-state index contributed by atoms with van der Waals surface area (Å²) in [6.45, 7) is 4.08. The molecule has 1 saturated heterocycles. The van der Waals surface area contributed by atoms with Gasteiger partial charge in [-0.2, -0.15) is 4.31 Å². The first-order valence-electron chi connectivity index (χ1n) is 5.79. The van der Waals surface area contributed by atoms with Gasteiger partial charge in [-0.25, -0.2) is 8.42 Å². The summed E-state index contributed by atoms with van der Waals surface area (Å²) in [5.74, 6) is 1.05. The third-order valence-corrected chi connectivity index (χ3v) is 5.08. The second-order valence-corrected chi connectivity index (χ2v) is 6.85. The highest BCUT2D eigenvalue weighted by atomic mass is 35.5. The zero-order chi connectivity index (χ0) is 10.9. The molecule has 0 spiro atoms. The number of halogens is 1. The molecule has 2 fully saturated rings. The minimum absolute atomic E-state index is 0. The average molecular weight is 269 g/mol. The number of nitrogens with one attached hydrogen (secondary N) is 1. The number of nitrogens with zero attached hydrogens (tertiary/aromatic N) is 1. The third kappa shape index (κ3) is 3.87. The highest BCUT2D eigenvalue weighted by molar-refractivity contribution is 7.89. The van der Waals surface area contributed by atoms with Crippen LogP contribution in [-0.4, -0.2) is 44.2 Å². The molecule has 1 atom stereocenters. The number of hydrogen-bond donors (Lipinski definition) is 1. The highest BCUT2D eigenvalue weighted by Crippen LogP contribution is 2.32. The molecule has 1 heterocycles. The van der Waals surface area contributed by atoms with Crippen LogP contribution in [0, 0.1) is 5.92 Å². The summed E-state index contributed by atoms with van der Waals surface area (Å²) in [5.41, 5.74) is 0. The zero-order valence-corrected chi connectivity index (χ0v) is 11.3. The molecule has 2 aliphatic rings. The molecule has 1 aliphatic heterocycles. The van der Waals surface area contributed by atoms with Crippen LogP contribution >= 0.6 is 12.4 Å². The van der Waals surface area contributed by atoms with Crippen molar-refractivity contribution >= 4 is 22.4 Å². The second-order valence-electron chi connectivity index (χ2n) is 4.76. The quantitative estimate of drug-likeness (QED) is 0.822. The van der Waals surface area contributed by atoms with Crippen molar-refractivity contribution in [2.24, 2.45) is 5.92 Å². The molecule has 1 N–H and O–H groups in total. The Bertz CT molecular complexity index is 317. The summed E-state index contributed by atoms with van der Waals surface area (Å²) in [6, 6.07) is 0.287. The molecule has 6 heteroatoms. The zero-order valence-electron chi connectivity index (χ0n) is 9.68. The monoisotopic (exact) mass is 268 g/mol. The Morgan fingerprint density at radius 2 is 2.06 bits per heavy atom. The largest absolute Gasteiger partial charge is 0.312 e. The topological polar surface area (TPSA) is 49.4 Å². The van der Waals surface area contributed by atoms with Crippen LogP contribution < -0.4 is 5.32 Å². The number of rotatable bonds is 4. The summed E-state index contributed by atoms with van der Waals surface area (Å²) in [7, 11) is -2.98. The predicted octanol–water partition coefficient (Wildman–Crippen LogP) is 0.832. The number of hydrogen-bond acceptors (Lipinski definition) is 3. The fraction of sp³-hybridized carbons (Fsp3) is 1.00. The first-order valence-corrected chi connectivity index (χ1v) is 7.40. The van der Waals surface area contributed by atoms with Crippen LogP contribution in [0.4, 0.5) is 0 Å². The van der Waals surface area contributed by atoms with Crippen molar-refractivity contribution in [1.82, 2.24) is 9.62 Å². The van der Waals surface area contributed by atoms with Crippen LogP contribution in [-0.2, 0) is 10.0 Å². The first kappa shape index (κ1) is 14.2. The van der Waals surface area contributed by atoms with E-state index in [-0.39, 0.29) is 18.4 Å². The van der Waals surface area contributed by atoms with E-state index in [1.54, 1.807) is 4.31 Å². The molecule has 2 rings (SSSR count). The van der Waals surface area contributed by atoms with Gasteiger partial charge in [0, 0.05) is 25.7 Å². The van der Waals surface area contributed by atoms with Gasteiger partial charge in [0.1, 0.15) is 0 Å². The predicted molar refractivity (Wildman–Crippen MR) is 67.4 cm³/mol. The lowest BCUT2D eigenvalue weighted by Gasteiger charge is -2.31. The van der Waals surface area contributed by atoms with E-state index >= 15 is 0 Å². The van der Waals surface area contributed by atoms with E-state index in [1.165, 1.54) is 12.8 Å². The summed E-state index contributed by atoms with van der Waals surface area (Å²) < 4.78 is 25.6. The van der Waals surface area contributed by atoms with Crippen molar-refractivity contribution in [3.05, 3.63) is 0 Å². The Morgan fingerprint density at radius 1 is 1.38 bits per heavy atom. The van der Waals surface area contributed by atoms with Gasteiger partial charge in [0.15, 0.2) is 0 Å². The van der Waals surface area contributed by atoms with Gasteiger partial charge in [0.25, 0.3) is 0 Å². The maximum absolute atomic E-state index is 12.0. The molecule has 0 amide bonds. The van der Waals surface area contributed by atoms with Crippen LogP contribution in [0.5, 0.6) is 0 Å². The van der Waals surface area contributed by atoms with Gasteiger partial charge in [-0.05, 0) is 19.3 Å². The van der Waals surface area contributed by atoms with Crippen LogP contribution in [0.15, 0.2) is 0 Å². The van der Waals surface area contributed by atoms with Gasteiger partial charge in [-0.15, -0.1) is 12.4 Å². The van der Waals surface area contributed by atoms with Crippen LogP contribution in [0.2, 0.25) is 0 Å². The second kappa shape index (κ2) is 5.67. The SMILES string of the molecule is CC1CN(S(=O)(=O)CCC2CC2)CCN1.Cl. The van der Waals surface area contributed by atoms with Gasteiger partial charge in [-0.3, -0.25) is 0 Å². The van der Waals surface area contributed by atoms with Crippen molar-refractivity contribution in [1.29, 1.82) is 0 Å². The standard InChI is InChI=1S/C10H20N2O2S.ClH/c1-9-8-12(6-5-11-9)15(13,14)7-4-10-2-3-10;/h9-11H,2-8H2,1H3;1H. The van der Waals surface area contributed by atoms with Gasteiger partial charge in [0.05, 0.1) is 5.75 Å². The smallest absolute Gasteiger partial charge is 0.214 e. The van der Waals surface area contributed by atoms with Crippen molar-refractivity contribution in [3.63, 3.8) is 0 Å². The summed E-state index contributed by atoms with van der Waals surface area (Å²) in [5, 5.41) is 3.26. The lowest BCUT2D eigenvalue weighted by molar-refractivity contribution is 0.310. The molecule has 16 heavy (non-hydrogen) atoms. The fourth-order valence-corrected chi connectivity index (χ4v) is 3.71. The minimum Gasteiger partial charge on any atom is -0.312 e. The Hall–Kier alpha value is 0.160. The molecule has 96 valence electrons. The average Bonchev–Trinajstić information content (AvgIpc) is 2.98. The summed E-state index contributed by atoms with van der Waals surface area (Å²) in [6.07, 6.45) is 3.32.